The van der Waals surface area contributed by atoms with Crippen molar-refractivity contribution in [1.82, 2.24) is 14.8 Å². The van der Waals surface area contributed by atoms with Crippen LogP contribution in [0, 0.1) is 12.7 Å². The zero-order valence-electron chi connectivity index (χ0n) is 14.0. The Labute approximate surface area is 145 Å². The lowest BCUT2D eigenvalue weighted by Gasteiger charge is -2.34. The van der Waals surface area contributed by atoms with Crippen molar-refractivity contribution < 1.29 is 9.13 Å². The maximum atomic E-state index is 13.1. The van der Waals surface area contributed by atoms with Gasteiger partial charge in [-0.25, -0.2) is 14.1 Å². The van der Waals surface area contributed by atoms with E-state index in [1.807, 2.05) is 37.5 Å². The maximum absolute atomic E-state index is 13.1. The molecular formula is C19H19FN4O. The average molecular weight is 338 g/mol. The molecular weight excluding hydrogens is 319 g/mol. The van der Waals surface area contributed by atoms with Gasteiger partial charge in [0.15, 0.2) is 5.82 Å². The molecule has 2 aromatic heterocycles. The van der Waals surface area contributed by atoms with Crippen LogP contribution in [0.5, 0.6) is 0 Å². The molecule has 0 N–H and O–H groups in total. The Hall–Kier alpha value is -2.73. The molecule has 4 rings (SSSR count). The van der Waals surface area contributed by atoms with Crippen LogP contribution in [0.3, 0.4) is 0 Å². The number of benzene rings is 1. The quantitative estimate of drug-likeness (QED) is 0.735. The van der Waals surface area contributed by atoms with Crippen LogP contribution in [0.15, 0.2) is 54.9 Å². The molecule has 25 heavy (non-hydrogen) atoms. The van der Waals surface area contributed by atoms with Crippen LogP contribution in [0.1, 0.15) is 17.2 Å². The number of hydrogen-bond donors (Lipinski definition) is 0. The molecule has 1 atom stereocenters. The van der Waals surface area contributed by atoms with Crippen molar-refractivity contribution in [2.75, 3.05) is 24.6 Å². The largest absolute Gasteiger partial charge is 0.370 e. The SMILES string of the molecule is Cc1cnn(-c2cccc(N3CCOC(c4ccc(F)cc4)C3)n2)c1. The van der Waals surface area contributed by atoms with Crippen LogP contribution in [0.25, 0.3) is 5.82 Å². The monoisotopic (exact) mass is 338 g/mol. The minimum absolute atomic E-state index is 0.0910. The van der Waals surface area contributed by atoms with Crippen LogP contribution in [-0.2, 0) is 4.74 Å². The van der Waals surface area contributed by atoms with E-state index in [0.29, 0.717) is 13.2 Å². The summed E-state index contributed by atoms with van der Waals surface area (Å²) >= 11 is 0. The first-order valence-electron chi connectivity index (χ1n) is 8.30. The van der Waals surface area contributed by atoms with Crippen molar-refractivity contribution in [3.8, 4) is 5.82 Å². The number of anilines is 1. The summed E-state index contributed by atoms with van der Waals surface area (Å²) in [6, 6.07) is 12.4. The van der Waals surface area contributed by atoms with E-state index in [1.54, 1.807) is 16.8 Å². The van der Waals surface area contributed by atoms with Crippen LogP contribution >= 0.6 is 0 Å². The summed E-state index contributed by atoms with van der Waals surface area (Å²) in [5, 5.41) is 4.32. The Kier molecular flexibility index (Phi) is 4.19. The van der Waals surface area contributed by atoms with Crippen LogP contribution in [0.2, 0.25) is 0 Å². The summed E-state index contributed by atoms with van der Waals surface area (Å²) in [5.41, 5.74) is 2.07. The molecule has 3 aromatic rings. The molecule has 1 fully saturated rings. The van der Waals surface area contributed by atoms with Gasteiger partial charge in [-0.15, -0.1) is 0 Å². The smallest absolute Gasteiger partial charge is 0.155 e. The topological polar surface area (TPSA) is 43.2 Å². The Balaban J connectivity index is 1.56. The third kappa shape index (κ3) is 3.39. The summed E-state index contributed by atoms with van der Waals surface area (Å²) in [7, 11) is 0. The molecule has 128 valence electrons. The zero-order valence-corrected chi connectivity index (χ0v) is 14.0. The maximum Gasteiger partial charge on any atom is 0.155 e. The Morgan fingerprint density at radius 1 is 1.12 bits per heavy atom. The number of aromatic nitrogens is 3. The number of halogens is 1. The second-order valence-electron chi connectivity index (χ2n) is 6.17. The highest BCUT2D eigenvalue weighted by Crippen LogP contribution is 2.25. The molecule has 6 heteroatoms. The Morgan fingerprint density at radius 2 is 1.92 bits per heavy atom. The van der Waals surface area contributed by atoms with E-state index >= 15 is 0 Å². The Bertz CT molecular complexity index is 862. The van der Waals surface area contributed by atoms with Gasteiger partial charge in [0.05, 0.1) is 12.8 Å². The van der Waals surface area contributed by atoms with Gasteiger partial charge in [0, 0.05) is 19.3 Å². The van der Waals surface area contributed by atoms with Gasteiger partial charge in [0.1, 0.15) is 17.7 Å². The van der Waals surface area contributed by atoms with E-state index in [-0.39, 0.29) is 11.9 Å². The van der Waals surface area contributed by atoms with Crippen LogP contribution in [-0.4, -0.2) is 34.5 Å². The van der Waals surface area contributed by atoms with Gasteiger partial charge >= 0.3 is 0 Å². The second kappa shape index (κ2) is 6.64. The third-order valence-electron chi connectivity index (χ3n) is 4.30. The standard InChI is InChI=1S/C19H19FN4O/c1-14-11-21-24(12-14)19-4-2-3-18(22-19)23-9-10-25-17(13-23)15-5-7-16(20)8-6-15/h2-8,11-12,17H,9-10,13H2,1H3. The van der Waals surface area contributed by atoms with E-state index in [1.165, 1.54) is 12.1 Å². The summed E-state index contributed by atoms with van der Waals surface area (Å²) in [4.78, 5) is 6.92. The highest BCUT2D eigenvalue weighted by Gasteiger charge is 2.23. The molecule has 0 aliphatic carbocycles. The van der Waals surface area contributed by atoms with Crippen molar-refractivity contribution in [3.05, 3.63) is 71.8 Å². The van der Waals surface area contributed by atoms with Gasteiger partial charge in [-0.1, -0.05) is 18.2 Å². The number of nitrogens with zero attached hydrogens (tertiary/aromatic N) is 4. The van der Waals surface area contributed by atoms with Crippen molar-refractivity contribution >= 4 is 5.82 Å². The Morgan fingerprint density at radius 3 is 2.68 bits per heavy atom. The van der Waals surface area contributed by atoms with Crippen molar-refractivity contribution in [2.24, 2.45) is 0 Å². The van der Waals surface area contributed by atoms with Crippen molar-refractivity contribution in [2.45, 2.75) is 13.0 Å². The predicted octanol–water partition coefficient (Wildman–Crippen LogP) is 3.29. The second-order valence-corrected chi connectivity index (χ2v) is 6.17. The van der Waals surface area contributed by atoms with E-state index in [4.69, 9.17) is 9.72 Å². The van der Waals surface area contributed by atoms with Crippen LogP contribution < -0.4 is 4.90 Å². The molecule has 1 aliphatic heterocycles. The fourth-order valence-electron chi connectivity index (χ4n) is 2.99. The predicted molar refractivity (Wildman–Crippen MR) is 93.4 cm³/mol. The summed E-state index contributed by atoms with van der Waals surface area (Å²) in [5.74, 6) is 1.44. The summed E-state index contributed by atoms with van der Waals surface area (Å²) in [6.45, 7) is 4.06. The molecule has 1 aromatic carbocycles. The minimum Gasteiger partial charge on any atom is -0.370 e. The lowest BCUT2D eigenvalue weighted by atomic mass is 10.1. The molecule has 1 unspecified atom stereocenters. The van der Waals surface area contributed by atoms with E-state index in [9.17, 15) is 4.39 Å². The van der Waals surface area contributed by atoms with Crippen molar-refractivity contribution in [3.63, 3.8) is 0 Å². The lowest BCUT2D eigenvalue weighted by Crippen LogP contribution is -2.39. The van der Waals surface area contributed by atoms with Gasteiger partial charge in [-0.3, -0.25) is 0 Å². The molecule has 0 amide bonds. The number of hydrogen-bond acceptors (Lipinski definition) is 4. The van der Waals surface area contributed by atoms with E-state index in [2.05, 4.69) is 10.00 Å². The van der Waals surface area contributed by atoms with Gasteiger partial charge < -0.3 is 9.64 Å². The average Bonchev–Trinajstić information content (AvgIpc) is 3.09. The number of aryl methyl sites for hydroxylation is 1. The van der Waals surface area contributed by atoms with E-state index < -0.39 is 0 Å². The minimum atomic E-state index is -0.236. The summed E-state index contributed by atoms with van der Waals surface area (Å²) < 4.78 is 20.8. The lowest BCUT2D eigenvalue weighted by molar-refractivity contribution is 0.0395. The molecule has 0 bridgehead atoms. The first-order chi connectivity index (χ1) is 12.2. The van der Waals surface area contributed by atoms with E-state index in [0.717, 1.165) is 29.3 Å². The van der Waals surface area contributed by atoms with Gasteiger partial charge in [-0.2, -0.15) is 5.10 Å². The van der Waals surface area contributed by atoms with Gasteiger partial charge in [-0.05, 0) is 42.3 Å². The molecule has 5 nitrogen and oxygen atoms in total. The molecule has 0 saturated carbocycles. The highest BCUT2D eigenvalue weighted by atomic mass is 19.1. The molecule has 3 heterocycles. The molecule has 0 radical (unpaired) electrons. The fraction of sp³-hybridized carbons (Fsp3) is 0.263. The molecule has 1 saturated heterocycles. The number of morpholine rings is 1. The molecule has 1 aliphatic rings. The molecule has 0 spiro atoms. The van der Waals surface area contributed by atoms with Crippen LogP contribution in [0.4, 0.5) is 10.2 Å². The summed E-state index contributed by atoms with van der Waals surface area (Å²) in [6.07, 6.45) is 3.67. The first kappa shape index (κ1) is 15.8. The fourth-order valence-corrected chi connectivity index (χ4v) is 2.99. The highest BCUT2D eigenvalue weighted by molar-refractivity contribution is 5.43. The zero-order chi connectivity index (χ0) is 17.2. The number of rotatable bonds is 3. The van der Waals surface area contributed by atoms with Crippen molar-refractivity contribution in [1.29, 1.82) is 0 Å². The first-order valence-corrected chi connectivity index (χ1v) is 8.30. The van der Waals surface area contributed by atoms with Gasteiger partial charge in [0.2, 0.25) is 0 Å². The normalized spacial score (nSPS) is 17.7. The number of ether oxygens (including phenoxy) is 1. The third-order valence-corrected chi connectivity index (χ3v) is 4.30. The number of pyridine rings is 1. The van der Waals surface area contributed by atoms with Gasteiger partial charge in [0.25, 0.3) is 0 Å².